The van der Waals surface area contributed by atoms with Crippen LogP contribution in [0.15, 0.2) is 36.4 Å². The predicted molar refractivity (Wildman–Crippen MR) is 86.7 cm³/mol. The Bertz CT molecular complexity index is 783. The SMILES string of the molecule is COCOc1ccc2nc(-c3ccc(N)c(C)c3)sc2c1. The summed E-state index contributed by atoms with van der Waals surface area (Å²) in [5.74, 6) is 0.785. The fraction of sp³-hybridized carbons (Fsp3) is 0.188. The van der Waals surface area contributed by atoms with Gasteiger partial charge in [-0.15, -0.1) is 11.3 Å². The number of rotatable bonds is 4. The quantitative estimate of drug-likeness (QED) is 0.587. The van der Waals surface area contributed by atoms with Crippen molar-refractivity contribution in [2.45, 2.75) is 6.92 Å². The predicted octanol–water partition coefficient (Wildman–Crippen LogP) is 3.84. The molecule has 0 saturated carbocycles. The van der Waals surface area contributed by atoms with Crippen LogP contribution < -0.4 is 10.5 Å². The van der Waals surface area contributed by atoms with Gasteiger partial charge in [-0.05, 0) is 48.9 Å². The maximum Gasteiger partial charge on any atom is 0.188 e. The number of hydrogen-bond donors (Lipinski definition) is 1. The van der Waals surface area contributed by atoms with Gasteiger partial charge < -0.3 is 15.2 Å². The molecule has 5 heteroatoms. The van der Waals surface area contributed by atoms with Crippen LogP contribution in [0.1, 0.15) is 5.56 Å². The fourth-order valence-corrected chi connectivity index (χ4v) is 3.04. The van der Waals surface area contributed by atoms with Gasteiger partial charge in [-0.2, -0.15) is 0 Å². The topological polar surface area (TPSA) is 57.4 Å². The van der Waals surface area contributed by atoms with E-state index >= 15 is 0 Å². The Labute approximate surface area is 127 Å². The number of thiazole rings is 1. The van der Waals surface area contributed by atoms with Gasteiger partial charge in [0.25, 0.3) is 0 Å². The molecule has 0 atom stereocenters. The Balaban J connectivity index is 1.98. The van der Waals surface area contributed by atoms with Gasteiger partial charge in [0.15, 0.2) is 6.79 Å². The van der Waals surface area contributed by atoms with Crippen molar-refractivity contribution >= 4 is 27.2 Å². The van der Waals surface area contributed by atoms with Gasteiger partial charge in [0, 0.05) is 18.4 Å². The van der Waals surface area contributed by atoms with Crippen LogP contribution in [0.3, 0.4) is 0 Å². The number of fused-ring (bicyclic) bond motifs is 1. The smallest absolute Gasteiger partial charge is 0.188 e. The van der Waals surface area contributed by atoms with Gasteiger partial charge in [-0.3, -0.25) is 0 Å². The molecule has 3 aromatic rings. The number of nitrogen functional groups attached to an aromatic ring is 1. The maximum atomic E-state index is 5.86. The first-order chi connectivity index (χ1) is 10.2. The molecule has 0 bridgehead atoms. The zero-order chi connectivity index (χ0) is 14.8. The molecule has 0 amide bonds. The van der Waals surface area contributed by atoms with Crippen LogP contribution >= 0.6 is 11.3 Å². The minimum atomic E-state index is 0.244. The summed E-state index contributed by atoms with van der Waals surface area (Å²) in [7, 11) is 1.60. The third-order valence-corrected chi connectivity index (χ3v) is 4.29. The number of aromatic nitrogens is 1. The van der Waals surface area contributed by atoms with Gasteiger partial charge in [0.05, 0.1) is 10.2 Å². The summed E-state index contributed by atoms with van der Waals surface area (Å²) in [5, 5.41) is 0.983. The number of anilines is 1. The molecule has 3 rings (SSSR count). The fourth-order valence-electron chi connectivity index (χ4n) is 2.05. The summed E-state index contributed by atoms with van der Waals surface area (Å²) in [6.45, 7) is 2.25. The van der Waals surface area contributed by atoms with E-state index in [1.807, 2.05) is 37.3 Å². The molecule has 1 aromatic heterocycles. The summed E-state index contributed by atoms with van der Waals surface area (Å²) in [5.41, 5.74) is 9.78. The molecule has 0 radical (unpaired) electrons. The van der Waals surface area contributed by atoms with Crippen molar-refractivity contribution in [2.24, 2.45) is 0 Å². The van der Waals surface area contributed by atoms with Gasteiger partial charge in [-0.1, -0.05) is 0 Å². The van der Waals surface area contributed by atoms with Crippen LogP contribution in [0.4, 0.5) is 5.69 Å². The van der Waals surface area contributed by atoms with Crippen molar-refractivity contribution in [2.75, 3.05) is 19.6 Å². The lowest BCUT2D eigenvalue weighted by Gasteiger charge is -2.03. The summed E-state index contributed by atoms with van der Waals surface area (Å²) >= 11 is 1.64. The van der Waals surface area contributed by atoms with E-state index in [0.717, 1.165) is 37.8 Å². The van der Waals surface area contributed by atoms with Gasteiger partial charge >= 0.3 is 0 Å². The number of benzene rings is 2. The van der Waals surface area contributed by atoms with Crippen LogP contribution in [0.2, 0.25) is 0 Å². The molecule has 0 spiro atoms. The lowest BCUT2D eigenvalue weighted by molar-refractivity contribution is 0.0512. The monoisotopic (exact) mass is 300 g/mol. The maximum absolute atomic E-state index is 5.86. The lowest BCUT2D eigenvalue weighted by atomic mass is 10.1. The van der Waals surface area contributed by atoms with Crippen LogP contribution in [0, 0.1) is 6.92 Å². The highest BCUT2D eigenvalue weighted by atomic mass is 32.1. The lowest BCUT2D eigenvalue weighted by Crippen LogP contribution is -1.98. The Morgan fingerprint density at radius 2 is 2.05 bits per heavy atom. The average molecular weight is 300 g/mol. The number of nitrogens with two attached hydrogens (primary N) is 1. The van der Waals surface area contributed by atoms with Gasteiger partial charge in [-0.25, -0.2) is 4.98 Å². The molecular weight excluding hydrogens is 284 g/mol. The van der Waals surface area contributed by atoms with E-state index < -0.39 is 0 Å². The van der Waals surface area contributed by atoms with Crippen molar-refractivity contribution in [1.29, 1.82) is 0 Å². The van der Waals surface area contributed by atoms with Crippen LogP contribution in [0.5, 0.6) is 5.75 Å². The van der Waals surface area contributed by atoms with E-state index in [9.17, 15) is 0 Å². The van der Waals surface area contributed by atoms with Gasteiger partial charge in [0.1, 0.15) is 10.8 Å². The standard InChI is InChI=1S/C16H16N2O2S/c1-10-7-11(3-5-13(10)17)16-18-14-6-4-12(20-9-19-2)8-15(14)21-16/h3-8H,9,17H2,1-2H3. The van der Waals surface area contributed by atoms with Crippen molar-refractivity contribution in [3.05, 3.63) is 42.0 Å². The largest absolute Gasteiger partial charge is 0.468 e. The molecule has 0 aliphatic heterocycles. The van der Waals surface area contributed by atoms with Crippen molar-refractivity contribution < 1.29 is 9.47 Å². The average Bonchev–Trinajstić information content (AvgIpc) is 2.91. The first-order valence-electron chi connectivity index (χ1n) is 6.56. The van der Waals surface area contributed by atoms with Crippen molar-refractivity contribution in [3.63, 3.8) is 0 Å². The van der Waals surface area contributed by atoms with E-state index in [1.165, 1.54) is 0 Å². The first kappa shape index (κ1) is 13.9. The molecule has 4 nitrogen and oxygen atoms in total. The molecule has 2 N–H and O–H groups in total. The van der Waals surface area contributed by atoms with E-state index in [0.29, 0.717) is 0 Å². The number of methoxy groups -OCH3 is 1. The third kappa shape index (κ3) is 2.84. The molecule has 0 aliphatic rings. The minimum absolute atomic E-state index is 0.244. The second-order valence-corrected chi connectivity index (χ2v) is 5.80. The zero-order valence-corrected chi connectivity index (χ0v) is 12.7. The molecule has 108 valence electrons. The normalized spacial score (nSPS) is 11.0. The molecule has 0 fully saturated rings. The number of nitrogens with zero attached hydrogens (tertiary/aromatic N) is 1. The molecular formula is C16H16N2O2S. The Hall–Kier alpha value is -2.11. The van der Waals surface area contributed by atoms with E-state index in [2.05, 4.69) is 11.1 Å². The molecule has 0 unspecified atom stereocenters. The highest BCUT2D eigenvalue weighted by Gasteiger charge is 2.08. The van der Waals surface area contributed by atoms with Gasteiger partial charge in [0.2, 0.25) is 0 Å². The number of aryl methyl sites for hydroxylation is 1. The second-order valence-electron chi connectivity index (χ2n) is 4.77. The third-order valence-electron chi connectivity index (χ3n) is 3.22. The van der Waals surface area contributed by atoms with E-state index in [1.54, 1.807) is 18.4 Å². The minimum Gasteiger partial charge on any atom is -0.468 e. The molecule has 0 aliphatic carbocycles. The summed E-state index contributed by atoms with van der Waals surface area (Å²) in [6, 6.07) is 11.8. The van der Waals surface area contributed by atoms with E-state index in [-0.39, 0.29) is 6.79 Å². The zero-order valence-electron chi connectivity index (χ0n) is 11.9. The molecule has 1 heterocycles. The first-order valence-corrected chi connectivity index (χ1v) is 7.38. The highest BCUT2D eigenvalue weighted by molar-refractivity contribution is 7.21. The summed E-state index contributed by atoms with van der Waals surface area (Å²) < 4.78 is 11.5. The molecule has 21 heavy (non-hydrogen) atoms. The Morgan fingerprint density at radius 1 is 1.19 bits per heavy atom. The van der Waals surface area contributed by atoms with E-state index in [4.69, 9.17) is 15.2 Å². The van der Waals surface area contributed by atoms with Crippen molar-refractivity contribution in [3.8, 4) is 16.3 Å². The number of ether oxygens (including phenoxy) is 2. The highest BCUT2D eigenvalue weighted by Crippen LogP contribution is 2.33. The molecule has 2 aromatic carbocycles. The number of hydrogen-bond acceptors (Lipinski definition) is 5. The van der Waals surface area contributed by atoms with Crippen LogP contribution in [0.25, 0.3) is 20.8 Å². The summed E-state index contributed by atoms with van der Waals surface area (Å²) in [4.78, 5) is 4.67. The summed E-state index contributed by atoms with van der Waals surface area (Å²) in [6.07, 6.45) is 0. The van der Waals surface area contributed by atoms with Crippen LogP contribution in [-0.4, -0.2) is 18.9 Å². The second kappa shape index (κ2) is 5.71. The Kier molecular flexibility index (Phi) is 3.77. The van der Waals surface area contributed by atoms with Crippen molar-refractivity contribution in [1.82, 2.24) is 4.98 Å². The Morgan fingerprint density at radius 3 is 2.81 bits per heavy atom. The molecule has 0 saturated heterocycles. The van der Waals surface area contributed by atoms with Crippen LogP contribution in [-0.2, 0) is 4.74 Å².